The zero-order chi connectivity index (χ0) is 12.6. The summed E-state index contributed by atoms with van der Waals surface area (Å²) in [5.74, 6) is -0.292. The maximum atomic E-state index is 12.0. The highest BCUT2D eigenvalue weighted by atomic mass is 32.2. The number of hydrogen-bond donors (Lipinski definition) is 1. The van der Waals surface area contributed by atoms with Crippen LogP contribution in [0.5, 0.6) is 0 Å². The highest BCUT2D eigenvalue weighted by Crippen LogP contribution is 2.40. The van der Waals surface area contributed by atoms with Crippen LogP contribution in [0.25, 0.3) is 0 Å². The van der Waals surface area contributed by atoms with Gasteiger partial charge in [0.1, 0.15) is 0 Å². The van der Waals surface area contributed by atoms with E-state index in [0.717, 1.165) is 9.80 Å². The molecule has 1 heterocycles. The first kappa shape index (κ1) is 11.8. The number of benzene rings is 1. The monoisotopic (exact) mass is 252 g/mol. The second kappa shape index (κ2) is 4.29. The van der Waals surface area contributed by atoms with E-state index in [-0.39, 0.29) is 11.2 Å². The van der Waals surface area contributed by atoms with Crippen LogP contribution in [0.1, 0.15) is 6.92 Å². The van der Waals surface area contributed by atoms with E-state index in [4.69, 9.17) is 5.73 Å². The van der Waals surface area contributed by atoms with Gasteiger partial charge in [0.25, 0.3) is 0 Å². The number of thioether (sulfide) groups is 1. The zero-order valence-electron chi connectivity index (χ0n) is 9.47. The van der Waals surface area contributed by atoms with Crippen LogP contribution in [-0.4, -0.2) is 24.4 Å². The van der Waals surface area contributed by atoms with Crippen molar-refractivity contribution < 1.29 is 14.3 Å². The van der Waals surface area contributed by atoms with Crippen molar-refractivity contribution in [1.82, 2.24) is 0 Å². The maximum absolute atomic E-state index is 12.0. The summed E-state index contributed by atoms with van der Waals surface area (Å²) in [7, 11) is 1.24. The maximum Gasteiger partial charge on any atom is 0.421 e. The second-order valence-corrected chi connectivity index (χ2v) is 5.01. The van der Waals surface area contributed by atoms with Crippen LogP contribution in [-0.2, 0) is 9.53 Å². The minimum absolute atomic E-state index is 0.292. The number of carbonyl (C=O) groups excluding carboxylic acids is 2. The third-order valence-electron chi connectivity index (χ3n) is 2.45. The third kappa shape index (κ3) is 1.95. The minimum Gasteiger partial charge on any atom is -0.452 e. The molecule has 1 aromatic carbocycles. The number of nitrogens with two attached hydrogens (primary N) is 1. The summed E-state index contributed by atoms with van der Waals surface area (Å²) < 4.78 is 4.62. The number of methoxy groups -OCH3 is 1. The number of hydrogen-bond acceptors (Lipinski definition) is 5. The van der Waals surface area contributed by atoms with Crippen molar-refractivity contribution in [3.05, 3.63) is 18.2 Å². The first-order chi connectivity index (χ1) is 8.04. The standard InChI is InChI=1S/C11H12N2O3S/c1-6-10(14)13(11(15)16-2)8-5-7(12)3-4-9(8)17-6/h3-6H,12H2,1-2H3. The molecule has 0 aliphatic carbocycles. The Kier molecular flexibility index (Phi) is 2.97. The van der Waals surface area contributed by atoms with Gasteiger partial charge in [-0.25, -0.2) is 9.69 Å². The van der Waals surface area contributed by atoms with Crippen molar-refractivity contribution in [3.8, 4) is 0 Å². The van der Waals surface area contributed by atoms with Gasteiger partial charge < -0.3 is 10.5 Å². The Labute approximate surface area is 103 Å². The van der Waals surface area contributed by atoms with E-state index in [1.165, 1.54) is 18.9 Å². The third-order valence-corrected chi connectivity index (χ3v) is 3.61. The number of amides is 2. The van der Waals surface area contributed by atoms with Gasteiger partial charge in [-0.2, -0.15) is 0 Å². The van der Waals surface area contributed by atoms with Crippen LogP contribution < -0.4 is 10.6 Å². The largest absolute Gasteiger partial charge is 0.452 e. The predicted molar refractivity (Wildman–Crippen MR) is 66.1 cm³/mol. The molecule has 2 N–H and O–H groups in total. The summed E-state index contributed by atoms with van der Waals surface area (Å²) in [6.07, 6.45) is -0.686. The van der Waals surface area contributed by atoms with Gasteiger partial charge in [0.05, 0.1) is 18.0 Å². The summed E-state index contributed by atoms with van der Waals surface area (Å²) in [4.78, 5) is 25.5. The molecule has 0 radical (unpaired) electrons. The van der Waals surface area contributed by atoms with Crippen LogP contribution in [0.15, 0.2) is 23.1 Å². The number of fused-ring (bicyclic) bond motifs is 1. The van der Waals surface area contributed by atoms with Crippen molar-refractivity contribution in [3.63, 3.8) is 0 Å². The van der Waals surface area contributed by atoms with Gasteiger partial charge in [0.15, 0.2) is 0 Å². The van der Waals surface area contributed by atoms with E-state index in [1.54, 1.807) is 25.1 Å². The fourth-order valence-electron chi connectivity index (χ4n) is 1.63. The molecule has 2 amide bonds. The molecular weight excluding hydrogens is 240 g/mol. The topological polar surface area (TPSA) is 72.6 Å². The Morgan fingerprint density at radius 2 is 2.24 bits per heavy atom. The number of nitrogen functional groups attached to an aromatic ring is 1. The van der Waals surface area contributed by atoms with Crippen molar-refractivity contribution in [1.29, 1.82) is 0 Å². The molecule has 0 saturated carbocycles. The minimum atomic E-state index is -0.686. The predicted octanol–water partition coefficient (Wildman–Crippen LogP) is 1.86. The Morgan fingerprint density at radius 3 is 2.88 bits per heavy atom. The number of carbonyl (C=O) groups is 2. The summed E-state index contributed by atoms with van der Waals surface area (Å²) >= 11 is 1.41. The lowest BCUT2D eigenvalue weighted by Crippen LogP contribution is -2.44. The lowest BCUT2D eigenvalue weighted by atomic mass is 10.2. The Hall–Kier alpha value is -1.69. The fourth-order valence-corrected chi connectivity index (χ4v) is 2.63. The molecule has 1 aliphatic rings. The Balaban J connectivity index is 2.54. The fraction of sp³-hybridized carbons (Fsp3) is 0.273. The molecule has 5 nitrogen and oxygen atoms in total. The van der Waals surface area contributed by atoms with Gasteiger partial charge in [-0.1, -0.05) is 0 Å². The van der Waals surface area contributed by atoms with Crippen LogP contribution in [0.3, 0.4) is 0 Å². The molecule has 1 aliphatic heterocycles. The average Bonchev–Trinajstić information content (AvgIpc) is 2.31. The van der Waals surface area contributed by atoms with Gasteiger partial charge in [-0.15, -0.1) is 11.8 Å². The SMILES string of the molecule is COC(=O)N1C(=O)C(C)Sc2ccc(N)cc21. The van der Waals surface area contributed by atoms with Crippen LogP contribution in [0, 0.1) is 0 Å². The normalized spacial score (nSPS) is 18.8. The molecule has 1 atom stereocenters. The van der Waals surface area contributed by atoms with E-state index >= 15 is 0 Å². The smallest absolute Gasteiger partial charge is 0.421 e. The van der Waals surface area contributed by atoms with Crippen molar-refractivity contribution >= 4 is 35.1 Å². The number of rotatable bonds is 0. The van der Waals surface area contributed by atoms with E-state index < -0.39 is 6.09 Å². The van der Waals surface area contributed by atoms with E-state index in [0.29, 0.717) is 11.4 Å². The Morgan fingerprint density at radius 1 is 1.53 bits per heavy atom. The number of anilines is 2. The molecule has 0 aromatic heterocycles. The first-order valence-corrected chi connectivity index (χ1v) is 5.90. The highest BCUT2D eigenvalue weighted by molar-refractivity contribution is 8.01. The van der Waals surface area contributed by atoms with Gasteiger partial charge in [0.2, 0.25) is 5.91 Å². The molecule has 0 bridgehead atoms. The molecule has 1 unspecified atom stereocenters. The molecule has 90 valence electrons. The van der Waals surface area contributed by atoms with Gasteiger partial charge in [-0.05, 0) is 25.1 Å². The van der Waals surface area contributed by atoms with Crippen molar-refractivity contribution in [2.24, 2.45) is 0 Å². The summed E-state index contributed by atoms with van der Waals surface area (Å²) in [5.41, 5.74) is 6.66. The van der Waals surface area contributed by atoms with Crippen LogP contribution in [0.4, 0.5) is 16.2 Å². The Bertz CT molecular complexity index is 490. The van der Waals surface area contributed by atoms with Gasteiger partial charge in [0, 0.05) is 10.6 Å². The van der Waals surface area contributed by atoms with Gasteiger partial charge in [-0.3, -0.25) is 4.79 Å². The van der Waals surface area contributed by atoms with E-state index in [9.17, 15) is 9.59 Å². The molecule has 0 fully saturated rings. The zero-order valence-corrected chi connectivity index (χ0v) is 10.3. The molecule has 0 saturated heterocycles. The summed E-state index contributed by atoms with van der Waals surface area (Å²) in [5, 5.41) is -0.315. The first-order valence-electron chi connectivity index (χ1n) is 5.02. The summed E-state index contributed by atoms with van der Waals surface area (Å²) in [6, 6.07) is 5.14. The van der Waals surface area contributed by atoms with Gasteiger partial charge >= 0.3 is 6.09 Å². The van der Waals surface area contributed by atoms with Crippen molar-refractivity contribution in [2.75, 3.05) is 17.7 Å². The second-order valence-electron chi connectivity index (χ2n) is 3.63. The van der Waals surface area contributed by atoms with Crippen LogP contribution in [0.2, 0.25) is 0 Å². The van der Waals surface area contributed by atoms with Crippen molar-refractivity contribution in [2.45, 2.75) is 17.1 Å². The molecular formula is C11H12N2O3S. The van der Waals surface area contributed by atoms with E-state index in [1.807, 2.05) is 0 Å². The highest BCUT2D eigenvalue weighted by Gasteiger charge is 2.35. The molecule has 6 heteroatoms. The lowest BCUT2D eigenvalue weighted by Gasteiger charge is -2.29. The molecule has 0 spiro atoms. The quantitative estimate of drug-likeness (QED) is 0.713. The molecule has 17 heavy (non-hydrogen) atoms. The van der Waals surface area contributed by atoms with Crippen LogP contribution >= 0.6 is 11.8 Å². The molecule has 2 rings (SSSR count). The molecule has 1 aromatic rings. The lowest BCUT2D eigenvalue weighted by molar-refractivity contribution is -0.117. The van der Waals surface area contributed by atoms with E-state index in [2.05, 4.69) is 4.74 Å². The number of nitrogens with zero attached hydrogens (tertiary/aromatic N) is 1. The number of ether oxygens (including phenoxy) is 1. The average molecular weight is 252 g/mol. The number of imide groups is 1. The summed E-state index contributed by atoms with van der Waals surface area (Å²) in [6.45, 7) is 1.75.